The van der Waals surface area contributed by atoms with Crippen LogP contribution in [0.2, 0.25) is 0 Å². The number of nitrogens with zero attached hydrogens (tertiary/aromatic N) is 1. The van der Waals surface area contributed by atoms with E-state index in [0.29, 0.717) is 17.2 Å². The van der Waals surface area contributed by atoms with Crippen LogP contribution in [0.3, 0.4) is 0 Å². The molecule has 4 nitrogen and oxygen atoms in total. The minimum atomic E-state index is 0.0174. The number of benzene rings is 1. The zero-order valence-electron chi connectivity index (χ0n) is 11.4. The van der Waals surface area contributed by atoms with Gasteiger partial charge in [0, 0.05) is 25.4 Å². The summed E-state index contributed by atoms with van der Waals surface area (Å²) in [5.41, 5.74) is 8.09. The summed E-state index contributed by atoms with van der Waals surface area (Å²) in [6, 6.07) is 5.56. The molecular weight excluding hydrogens is 240 g/mol. The number of carbonyl (C=O) groups is 1. The summed E-state index contributed by atoms with van der Waals surface area (Å²) in [5, 5.41) is 9.02. The number of hydrogen-bond acceptors (Lipinski definition) is 3. The van der Waals surface area contributed by atoms with E-state index < -0.39 is 0 Å². The second kappa shape index (κ2) is 6.06. The van der Waals surface area contributed by atoms with E-state index in [4.69, 9.17) is 10.8 Å². The molecule has 0 spiro atoms. The normalized spacial score (nSPS) is 19.5. The quantitative estimate of drug-likeness (QED) is 0.816. The third-order valence-corrected chi connectivity index (χ3v) is 3.78. The number of aliphatic hydroxyl groups excluding tert-OH is 1. The third kappa shape index (κ3) is 3.26. The topological polar surface area (TPSA) is 66.6 Å². The van der Waals surface area contributed by atoms with Crippen LogP contribution in [0.15, 0.2) is 18.2 Å². The van der Waals surface area contributed by atoms with Crippen molar-refractivity contribution in [1.82, 2.24) is 4.90 Å². The average molecular weight is 262 g/mol. The zero-order valence-corrected chi connectivity index (χ0v) is 11.4. The minimum absolute atomic E-state index is 0.0174. The molecule has 1 amide bonds. The number of anilines is 1. The van der Waals surface area contributed by atoms with Gasteiger partial charge >= 0.3 is 0 Å². The number of piperidine rings is 1. The first-order valence-corrected chi connectivity index (χ1v) is 6.88. The summed E-state index contributed by atoms with van der Waals surface area (Å²) in [6.45, 7) is 3.67. The molecule has 1 aliphatic rings. The molecule has 2 rings (SSSR count). The van der Waals surface area contributed by atoms with Crippen molar-refractivity contribution in [1.29, 1.82) is 0 Å². The second-order valence-corrected chi connectivity index (χ2v) is 5.36. The largest absolute Gasteiger partial charge is 0.398 e. The molecular formula is C15H22N2O2. The van der Waals surface area contributed by atoms with E-state index in [-0.39, 0.29) is 12.5 Å². The van der Waals surface area contributed by atoms with Gasteiger partial charge in [-0.15, -0.1) is 0 Å². The highest BCUT2D eigenvalue weighted by atomic mass is 16.3. The fourth-order valence-corrected chi connectivity index (χ4v) is 2.69. The summed E-state index contributed by atoms with van der Waals surface area (Å²) in [5.74, 6) is 0.428. The number of hydrogen-bond donors (Lipinski definition) is 2. The first-order valence-electron chi connectivity index (χ1n) is 6.88. The van der Waals surface area contributed by atoms with E-state index in [1.807, 2.05) is 24.0 Å². The highest BCUT2D eigenvalue weighted by Crippen LogP contribution is 2.23. The Labute approximate surface area is 114 Å². The van der Waals surface area contributed by atoms with Crippen LogP contribution in [0.4, 0.5) is 5.69 Å². The lowest BCUT2D eigenvalue weighted by molar-refractivity contribution is 0.0654. The number of aryl methyl sites for hydroxylation is 1. The van der Waals surface area contributed by atoms with Crippen molar-refractivity contribution in [3.05, 3.63) is 29.3 Å². The fourth-order valence-electron chi connectivity index (χ4n) is 2.69. The Hall–Kier alpha value is -1.55. The van der Waals surface area contributed by atoms with Crippen LogP contribution in [0.25, 0.3) is 0 Å². The molecule has 19 heavy (non-hydrogen) atoms. The van der Waals surface area contributed by atoms with E-state index in [2.05, 4.69) is 0 Å². The van der Waals surface area contributed by atoms with Gasteiger partial charge in [0.25, 0.3) is 5.91 Å². The Bertz CT molecular complexity index is 457. The van der Waals surface area contributed by atoms with Crippen molar-refractivity contribution < 1.29 is 9.90 Å². The number of carbonyl (C=O) groups excluding carboxylic acids is 1. The minimum Gasteiger partial charge on any atom is -0.398 e. The van der Waals surface area contributed by atoms with Crippen molar-refractivity contribution in [3.8, 4) is 0 Å². The van der Waals surface area contributed by atoms with Crippen molar-refractivity contribution >= 4 is 11.6 Å². The molecule has 1 aromatic rings. The first-order chi connectivity index (χ1) is 9.11. The predicted octanol–water partition coefficient (Wildman–Crippen LogP) is 1.81. The lowest BCUT2D eigenvalue weighted by Crippen LogP contribution is -2.40. The molecule has 1 saturated heterocycles. The molecule has 0 radical (unpaired) electrons. The molecule has 1 aliphatic heterocycles. The summed E-state index contributed by atoms with van der Waals surface area (Å²) in [6.07, 6.45) is 2.86. The Morgan fingerprint density at radius 2 is 2.32 bits per heavy atom. The van der Waals surface area contributed by atoms with Crippen LogP contribution in [-0.2, 0) is 0 Å². The van der Waals surface area contributed by atoms with Gasteiger partial charge in [-0.1, -0.05) is 11.6 Å². The van der Waals surface area contributed by atoms with Gasteiger partial charge in [0.15, 0.2) is 0 Å². The summed E-state index contributed by atoms with van der Waals surface area (Å²) < 4.78 is 0. The van der Waals surface area contributed by atoms with Gasteiger partial charge in [0.2, 0.25) is 0 Å². The monoisotopic (exact) mass is 262 g/mol. The molecule has 1 fully saturated rings. The number of nitrogens with two attached hydrogens (primary N) is 1. The van der Waals surface area contributed by atoms with E-state index in [0.717, 1.165) is 37.9 Å². The van der Waals surface area contributed by atoms with E-state index in [1.165, 1.54) is 0 Å². The van der Waals surface area contributed by atoms with Gasteiger partial charge in [-0.3, -0.25) is 4.79 Å². The van der Waals surface area contributed by atoms with Gasteiger partial charge in [-0.05, 0) is 44.2 Å². The predicted molar refractivity (Wildman–Crippen MR) is 75.9 cm³/mol. The molecule has 0 aromatic heterocycles. The molecule has 0 bridgehead atoms. The van der Waals surface area contributed by atoms with E-state index in [1.54, 1.807) is 6.07 Å². The highest BCUT2D eigenvalue weighted by molar-refractivity contribution is 5.99. The molecule has 1 aromatic carbocycles. The number of amides is 1. The average Bonchev–Trinajstić information content (AvgIpc) is 2.41. The Kier molecular flexibility index (Phi) is 4.43. The molecule has 1 unspecified atom stereocenters. The van der Waals surface area contributed by atoms with E-state index >= 15 is 0 Å². The third-order valence-electron chi connectivity index (χ3n) is 3.78. The number of nitrogen functional groups attached to an aromatic ring is 1. The standard InChI is InChI=1S/C15H22N2O2/c1-11-4-5-14(16)13(9-11)15(19)17-7-2-3-12(10-17)6-8-18/h4-5,9,12,18H,2-3,6-8,10,16H2,1H3. The molecule has 4 heteroatoms. The van der Waals surface area contributed by atoms with Crippen LogP contribution >= 0.6 is 0 Å². The van der Waals surface area contributed by atoms with Gasteiger partial charge in [-0.2, -0.15) is 0 Å². The van der Waals surface area contributed by atoms with Crippen molar-refractivity contribution in [2.24, 2.45) is 5.92 Å². The van der Waals surface area contributed by atoms with Crippen LogP contribution in [-0.4, -0.2) is 35.6 Å². The summed E-state index contributed by atoms with van der Waals surface area (Å²) >= 11 is 0. The number of rotatable bonds is 3. The first kappa shape index (κ1) is 13.9. The number of aliphatic hydroxyl groups is 1. The zero-order chi connectivity index (χ0) is 13.8. The van der Waals surface area contributed by atoms with Gasteiger partial charge in [0.1, 0.15) is 0 Å². The van der Waals surface area contributed by atoms with Crippen LogP contribution < -0.4 is 5.73 Å². The molecule has 0 aliphatic carbocycles. The maximum Gasteiger partial charge on any atom is 0.255 e. The molecule has 3 N–H and O–H groups in total. The Morgan fingerprint density at radius 3 is 3.05 bits per heavy atom. The lowest BCUT2D eigenvalue weighted by atomic mass is 9.94. The summed E-state index contributed by atoms with van der Waals surface area (Å²) in [7, 11) is 0. The van der Waals surface area contributed by atoms with Crippen LogP contribution in [0.5, 0.6) is 0 Å². The smallest absolute Gasteiger partial charge is 0.255 e. The van der Waals surface area contributed by atoms with Crippen molar-refractivity contribution in [2.45, 2.75) is 26.2 Å². The summed E-state index contributed by atoms with van der Waals surface area (Å²) in [4.78, 5) is 14.4. The SMILES string of the molecule is Cc1ccc(N)c(C(=O)N2CCCC(CCO)C2)c1. The van der Waals surface area contributed by atoms with Crippen molar-refractivity contribution in [3.63, 3.8) is 0 Å². The second-order valence-electron chi connectivity index (χ2n) is 5.36. The van der Waals surface area contributed by atoms with Gasteiger partial charge < -0.3 is 15.7 Å². The van der Waals surface area contributed by atoms with E-state index in [9.17, 15) is 4.79 Å². The molecule has 104 valence electrons. The van der Waals surface area contributed by atoms with Gasteiger partial charge in [0.05, 0.1) is 5.56 Å². The molecule has 1 heterocycles. The Balaban J connectivity index is 2.12. The Morgan fingerprint density at radius 1 is 1.53 bits per heavy atom. The van der Waals surface area contributed by atoms with Crippen LogP contribution in [0.1, 0.15) is 35.2 Å². The lowest BCUT2D eigenvalue weighted by Gasteiger charge is -2.33. The molecule has 1 atom stereocenters. The van der Waals surface area contributed by atoms with Crippen LogP contribution in [0, 0.1) is 12.8 Å². The van der Waals surface area contributed by atoms with Crippen molar-refractivity contribution in [2.75, 3.05) is 25.4 Å². The maximum absolute atomic E-state index is 12.5. The highest BCUT2D eigenvalue weighted by Gasteiger charge is 2.25. The van der Waals surface area contributed by atoms with Gasteiger partial charge in [-0.25, -0.2) is 0 Å². The maximum atomic E-state index is 12.5. The fraction of sp³-hybridized carbons (Fsp3) is 0.533. The molecule has 0 saturated carbocycles. The number of likely N-dealkylation sites (tertiary alicyclic amines) is 1.